The molecule has 2 rings (SSSR count). The predicted molar refractivity (Wildman–Crippen MR) is 111 cm³/mol. The van der Waals surface area contributed by atoms with Crippen molar-refractivity contribution in [1.29, 1.82) is 0 Å². The van der Waals surface area contributed by atoms with E-state index in [1.165, 1.54) is 11.0 Å². The fourth-order valence-electron chi connectivity index (χ4n) is 2.83. The minimum atomic E-state index is -0.770. The van der Waals surface area contributed by atoms with E-state index in [1.54, 1.807) is 31.2 Å². The highest BCUT2D eigenvalue weighted by Crippen LogP contribution is 2.18. The second-order valence-electron chi connectivity index (χ2n) is 7.49. The van der Waals surface area contributed by atoms with Gasteiger partial charge in [0.25, 0.3) is 5.91 Å². The van der Waals surface area contributed by atoms with Crippen molar-refractivity contribution in [2.75, 3.05) is 6.61 Å². The molecule has 6 heteroatoms. The van der Waals surface area contributed by atoms with Gasteiger partial charge in [-0.05, 0) is 63.9 Å². The van der Waals surface area contributed by atoms with E-state index in [-0.39, 0.29) is 25.1 Å². The van der Waals surface area contributed by atoms with E-state index >= 15 is 0 Å². The Kier molecular flexibility index (Phi) is 7.76. The van der Waals surface area contributed by atoms with Gasteiger partial charge in [0.15, 0.2) is 6.61 Å². The van der Waals surface area contributed by atoms with Crippen LogP contribution in [0.15, 0.2) is 42.5 Å². The lowest BCUT2D eigenvalue weighted by Gasteiger charge is -2.29. The molecular formula is C23H29FN2O3. The summed E-state index contributed by atoms with van der Waals surface area (Å²) in [6.45, 7) is 9.02. The number of hydrogen-bond donors (Lipinski definition) is 1. The zero-order chi connectivity index (χ0) is 21.6. The second-order valence-corrected chi connectivity index (χ2v) is 7.49. The van der Waals surface area contributed by atoms with Crippen molar-refractivity contribution in [1.82, 2.24) is 10.2 Å². The second kappa shape index (κ2) is 10.0. The molecule has 156 valence electrons. The Balaban J connectivity index is 2.18. The minimum absolute atomic E-state index is 0.0194. The normalized spacial score (nSPS) is 11.8. The van der Waals surface area contributed by atoms with Crippen LogP contribution in [0.1, 0.15) is 37.5 Å². The van der Waals surface area contributed by atoms with Crippen molar-refractivity contribution in [3.63, 3.8) is 0 Å². The number of halogens is 1. The number of ether oxygens (including phenoxy) is 1. The van der Waals surface area contributed by atoms with Crippen molar-refractivity contribution in [3.05, 3.63) is 65.0 Å². The van der Waals surface area contributed by atoms with E-state index in [9.17, 15) is 14.0 Å². The van der Waals surface area contributed by atoms with Crippen LogP contribution in [-0.4, -0.2) is 35.4 Å². The summed E-state index contributed by atoms with van der Waals surface area (Å²) in [6.07, 6.45) is 0. The first-order valence-electron chi connectivity index (χ1n) is 9.72. The molecule has 0 heterocycles. The summed E-state index contributed by atoms with van der Waals surface area (Å²) in [6, 6.07) is 11.0. The Bertz CT molecular complexity index is 867. The molecule has 2 aromatic carbocycles. The Morgan fingerprint density at radius 3 is 2.38 bits per heavy atom. The van der Waals surface area contributed by atoms with Gasteiger partial charge >= 0.3 is 0 Å². The van der Waals surface area contributed by atoms with Crippen molar-refractivity contribution >= 4 is 11.8 Å². The molecule has 2 amide bonds. The van der Waals surface area contributed by atoms with Gasteiger partial charge in [-0.15, -0.1) is 0 Å². The molecule has 0 radical (unpaired) electrons. The molecule has 1 N–H and O–H groups in total. The summed E-state index contributed by atoms with van der Waals surface area (Å²) in [5.41, 5.74) is 2.53. The van der Waals surface area contributed by atoms with Crippen LogP contribution in [-0.2, 0) is 16.1 Å². The summed E-state index contributed by atoms with van der Waals surface area (Å²) < 4.78 is 19.8. The van der Waals surface area contributed by atoms with E-state index in [0.29, 0.717) is 11.3 Å². The highest BCUT2D eigenvalue weighted by molar-refractivity contribution is 5.88. The molecule has 0 unspecified atom stereocenters. The highest BCUT2D eigenvalue weighted by Gasteiger charge is 2.27. The van der Waals surface area contributed by atoms with E-state index in [0.717, 1.165) is 11.1 Å². The number of carbonyl (C=O) groups excluding carboxylic acids is 2. The lowest BCUT2D eigenvalue weighted by Crippen LogP contribution is -2.50. The number of rotatable bonds is 8. The zero-order valence-electron chi connectivity index (χ0n) is 17.7. The van der Waals surface area contributed by atoms with Crippen LogP contribution in [0.25, 0.3) is 0 Å². The van der Waals surface area contributed by atoms with Gasteiger partial charge in [-0.2, -0.15) is 0 Å². The smallest absolute Gasteiger partial charge is 0.261 e. The average Bonchev–Trinajstić information content (AvgIpc) is 2.67. The van der Waals surface area contributed by atoms with Gasteiger partial charge < -0.3 is 15.0 Å². The standard InChI is InChI=1S/C23H29FN2O3/c1-15(2)25-23(28)18(5)26(13-19-8-6-7-9-21(19)24)22(27)14-29-20-11-10-16(3)17(4)12-20/h6-12,15,18H,13-14H2,1-5H3,(H,25,28)/t18-/m1/s1. The lowest BCUT2D eigenvalue weighted by atomic mass is 10.1. The molecule has 29 heavy (non-hydrogen) atoms. The summed E-state index contributed by atoms with van der Waals surface area (Å²) in [4.78, 5) is 26.7. The number of aryl methyl sites for hydroxylation is 2. The number of hydrogen-bond acceptors (Lipinski definition) is 3. The monoisotopic (exact) mass is 400 g/mol. The number of amides is 2. The van der Waals surface area contributed by atoms with Crippen molar-refractivity contribution in [3.8, 4) is 5.75 Å². The van der Waals surface area contributed by atoms with Crippen LogP contribution in [0.3, 0.4) is 0 Å². The first kappa shape index (κ1) is 22.4. The van der Waals surface area contributed by atoms with Crippen LogP contribution >= 0.6 is 0 Å². The summed E-state index contributed by atoms with van der Waals surface area (Å²) in [5.74, 6) is -0.530. The van der Waals surface area contributed by atoms with E-state index < -0.39 is 17.8 Å². The molecule has 0 aliphatic rings. The van der Waals surface area contributed by atoms with E-state index in [2.05, 4.69) is 5.32 Å². The van der Waals surface area contributed by atoms with Crippen LogP contribution < -0.4 is 10.1 Å². The average molecular weight is 400 g/mol. The lowest BCUT2D eigenvalue weighted by molar-refractivity contribution is -0.142. The maximum absolute atomic E-state index is 14.2. The Hall–Kier alpha value is -2.89. The maximum Gasteiger partial charge on any atom is 0.261 e. The molecule has 0 aromatic heterocycles. The maximum atomic E-state index is 14.2. The molecule has 1 atom stereocenters. The van der Waals surface area contributed by atoms with Gasteiger partial charge in [0.05, 0.1) is 0 Å². The SMILES string of the molecule is Cc1ccc(OCC(=O)N(Cc2ccccc2F)[C@H](C)C(=O)NC(C)C)cc1C. The topological polar surface area (TPSA) is 58.6 Å². The molecule has 0 aliphatic heterocycles. The molecular weight excluding hydrogens is 371 g/mol. The number of benzene rings is 2. The number of carbonyl (C=O) groups is 2. The first-order chi connectivity index (χ1) is 13.7. The minimum Gasteiger partial charge on any atom is -0.484 e. The zero-order valence-corrected chi connectivity index (χ0v) is 17.7. The van der Waals surface area contributed by atoms with Crippen LogP contribution in [0.4, 0.5) is 4.39 Å². The van der Waals surface area contributed by atoms with Gasteiger partial charge in [0, 0.05) is 18.2 Å². The van der Waals surface area contributed by atoms with Crippen LogP contribution in [0.5, 0.6) is 5.75 Å². The van der Waals surface area contributed by atoms with Crippen LogP contribution in [0, 0.1) is 19.7 Å². The third kappa shape index (κ3) is 6.31. The van der Waals surface area contributed by atoms with Gasteiger partial charge in [0.1, 0.15) is 17.6 Å². The number of nitrogens with one attached hydrogen (secondary N) is 1. The Morgan fingerprint density at radius 2 is 1.76 bits per heavy atom. The molecule has 0 bridgehead atoms. The van der Waals surface area contributed by atoms with Crippen molar-refractivity contribution < 1.29 is 18.7 Å². The molecule has 0 saturated heterocycles. The molecule has 2 aromatic rings. The van der Waals surface area contributed by atoms with Crippen LogP contribution in [0.2, 0.25) is 0 Å². The van der Waals surface area contributed by atoms with Gasteiger partial charge in [-0.25, -0.2) is 4.39 Å². The number of nitrogens with zero attached hydrogens (tertiary/aromatic N) is 1. The molecule has 0 spiro atoms. The first-order valence-corrected chi connectivity index (χ1v) is 9.72. The Morgan fingerprint density at radius 1 is 1.07 bits per heavy atom. The third-order valence-electron chi connectivity index (χ3n) is 4.74. The van der Waals surface area contributed by atoms with Crippen molar-refractivity contribution in [2.45, 2.75) is 53.2 Å². The molecule has 0 fully saturated rings. The summed E-state index contributed by atoms with van der Waals surface area (Å²) >= 11 is 0. The fraction of sp³-hybridized carbons (Fsp3) is 0.391. The van der Waals surface area contributed by atoms with Gasteiger partial charge in [0.2, 0.25) is 5.91 Å². The molecule has 5 nitrogen and oxygen atoms in total. The highest BCUT2D eigenvalue weighted by atomic mass is 19.1. The largest absolute Gasteiger partial charge is 0.484 e. The van der Waals surface area contributed by atoms with E-state index in [1.807, 2.05) is 39.8 Å². The summed E-state index contributed by atoms with van der Waals surface area (Å²) in [5, 5.41) is 2.80. The fourth-order valence-corrected chi connectivity index (χ4v) is 2.83. The van der Waals surface area contributed by atoms with Crippen molar-refractivity contribution in [2.24, 2.45) is 0 Å². The van der Waals surface area contributed by atoms with Gasteiger partial charge in [-0.3, -0.25) is 9.59 Å². The Labute approximate surface area is 171 Å². The van der Waals surface area contributed by atoms with E-state index in [4.69, 9.17) is 4.74 Å². The third-order valence-corrected chi connectivity index (χ3v) is 4.74. The quantitative estimate of drug-likeness (QED) is 0.734. The van der Waals surface area contributed by atoms with Gasteiger partial charge in [-0.1, -0.05) is 24.3 Å². The summed E-state index contributed by atoms with van der Waals surface area (Å²) in [7, 11) is 0. The molecule has 0 saturated carbocycles. The molecule has 0 aliphatic carbocycles. The predicted octanol–water partition coefficient (Wildman–Crippen LogP) is 3.76.